The molecule has 0 rings (SSSR count). The highest BCUT2D eigenvalue weighted by molar-refractivity contribution is 5.71. The molecule has 0 aromatic carbocycles. The first-order chi connectivity index (χ1) is 35.5. The molecular formula is C66H120O6. The zero-order valence-electron chi connectivity index (χ0n) is 48.2. The molecule has 0 amide bonds. The van der Waals surface area contributed by atoms with Gasteiger partial charge in [-0.3, -0.25) is 14.4 Å². The lowest BCUT2D eigenvalue weighted by atomic mass is 10.0. The van der Waals surface area contributed by atoms with Gasteiger partial charge in [0.2, 0.25) is 0 Å². The van der Waals surface area contributed by atoms with Gasteiger partial charge in [-0.05, 0) is 64.2 Å². The second-order valence-corrected chi connectivity index (χ2v) is 21.3. The van der Waals surface area contributed by atoms with Crippen LogP contribution in [0, 0.1) is 0 Å². The summed E-state index contributed by atoms with van der Waals surface area (Å²) in [5.41, 5.74) is 0. The van der Waals surface area contributed by atoms with Crippen molar-refractivity contribution in [1.29, 1.82) is 0 Å². The Morgan fingerprint density at radius 1 is 0.278 bits per heavy atom. The van der Waals surface area contributed by atoms with Crippen molar-refractivity contribution in [3.63, 3.8) is 0 Å². The molecule has 0 aliphatic carbocycles. The summed E-state index contributed by atoms with van der Waals surface area (Å²) in [5, 5.41) is 0. The zero-order valence-corrected chi connectivity index (χ0v) is 48.2. The second kappa shape index (κ2) is 60.9. The highest BCUT2D eigenvalue weighted by Gasteiger charge is 2.19. The van der Waals surface area contributed by atoms with E-state index < -0.39 is 6.10 Å². The quantitative estimate of drug-likeness (QED) is 0.0261. The van der Waals surface area contributed by atoms with Gasteiger partial charge in [-0.15, -0.1) is 0 Å². The van der Waals surface area contributed by atoms with Gasteiger partial charge in [-0.2, -0.15) is 0 Å². The molecule has 0 aromatic rings. The van der Waals surface area contributed by atoms with Gasteiger partial charge in [0.25, 0.3) is 0 Å². The largest absolute Gasteiger partial charge is 0.462 e. The molecule has 0 aliphatic rings. The number of ether oxygens (including phenoxy) is 3. The molecule has 0 aromatic heterocycles. The SMILES string of the molecule is CCCCC/C=C\C/C=C\C/C=C\C/C=C\CCCCCC(=O)OC[C@@H](COC(=O)CCCCCCCCCCCCCCCCCC)OC(=O)CCCCCCCCCCCCCCCCCCCCC. The van der Waals surface area contributed by atoms with Crippen LogP contribution in [0.5, 0.6) is 0 Å². The van der Waals surface area contributed by atoms with E-state index in [0.29, 0.717) is 19.3 Å². The third-order valence-corrected chi connectivity index (χ3v) is 14.1. The van der Waals surface area contributed by atoms with Crippen molar-refractivity contribution in [3.8, 4) is 0 Å². The average Bonchev–Trinajstić information content (AvgIpc) is 3.38. The summed E-state index contributed by atoms with van der Waals surface area (Å²) in [4.78, 5) is 38.3. The van der Waals surface area contributed by atoms with Crippen LogP contribution in [0.3, 0.4) is 0 Å². The summed E-state index contributed by atoms with van der Waals surface area (Å²) in [6.07, 6.45) is 75.4. The van der Waals surface area contributed by atoms with Crippen molar-refractivity contribution in [1.82, 2.24) is 0 Å². The highest BCUT2D eigenvalue weighted by atomic mass is 16.6. The number of carbonyl (C=O) groups excluding carboxylic acids is 3. The first-order valence-electron chi connectivity index (χ1n) is 31.6. The number of hydrogen-bond donors (Lipinski definition) is 0. The lowest BCUT2D eigenvalue weighted by molar-refractivity contribution is -0.167. The minimum absolute atomic E-state index is 0.0784. The molecule has 0 unspecified atom stereocenters. The Morgan fingerprint density at radius 3 is 0.806 bits per heavy atom. The smallest absolute Gasteiger partial charge is 0.306 e. The predicted molar refractivity (Wildman–Crippen MR) is 312 cm³/mol. The van der Waals surface area contributed by atoms with E-state index in [0.717, 1.165) is 83.5 Å². The maximum Gasteiger partial charge on any atom is 0.306 e. The van der Waals surface area contributed by atoms with Crippen molar-refractivity contribution in [2.45, 2.75) is 341 Å². The van der Waals surface area contributed by atoms with E-state index in [-0.39, 0.29) is 31.1 Å². The third kappa shape index (κ3) is 58.3. The molecule has 6 nitrogen and oxygen atoms in total. The molecule has 1 atom stereocenters. The van der Waals surface area contributed by atoms with Crippen LogP contribution < -0.4 is 0 Å². The van der Waals surface area contributed by atoms with E-state index in [9.17, 15) is 14.4 Å². The maximum atomic E-state index is 12.9. The Balaban J connectivity index is 4.39. The van der Waals surface area contributed by atoms with E-state index in [1.165, 1.54) is 212 Å². The lowest BCUT2D eigenvalue weighted by Gasteiger charge is -2.18. The van der Waals surface area contributed by atoms with Crippen LogP contribution in [0.1, 0.15) is 335 Å². The van der Waals surface area contributed by atoms with Crippen molar-refractivity contribution in [2.24, 2.45) is 0 Å². The molecule has 0 heterocycles. The Kier molecular flexibility index (Phi) is 58.7. The molecule has 420 valence electrons. The summed E-state index contributed by atoms with van der Waals surface area (Å²) < 4.78 is 16.9. The normalized spacial score (nSPS) is 12.3. The monoisotopic (exact) mass is 1010 g/mol. The molecule has 72 heavy (non-hydrogen) atoms. The Morgan fingerprint density at radius 2 is 0.500 bits per heavy atom. The van der Waals surface area contributed by atoms with Crippen molar-refractivity contribution in [3.05, 3.63) is 48.6 Å². The van der Waals surface area contributed by atoms with Gasteiger partial charge in [0.1, 0.15) is 13.2 Å². The fraction of sp³-hybridized carbons (Fsp3) is 0.833. The Bertz CT molecular complexity index is 1250. The van der Waals surface area contributed by atoms with E-state index in [2.05, 4.69) is 69.4 Å². The van der Waals surface area contributed by atoms with Crippen LogP contribution in [-0.4, -0.2) is 37.2 Å². The molecule has 0 saturated carbocycles. The van der Waals surface area contributed by atoms with Crippen LogP contribution in [0.15, 0.2) is 48.6 Å². The first-order valence-corrected chi connectivity index (χ1v) is 31.6. The van der Waals surface area contributed by atoms with Crippen LogP contribution >= 0.6 is 0 Å². The molecule has 6 heteroatoms. The van der Waals surface area contributed by atoms with E-state index in [4.69, 9.17) is 14.2 Å². The fourth-order valence-electron chi connectivity index (χ4n) is 9.31. The van der Waals surface area contributed by atoms with Crippen LogP contribution in [-0.2, 0) is 28.6 Å². The van der Waals surface area contributed by atoms with Crippen molar-refractivity contribution >= 4 is 17.9 Å². The summed E-state index contributed by atoms with van der Waals surface area (Å²) >= 11 is 0. The van der Waals surface area contributed by atoms with Crippen LogP contribution in [0.4, 0.5) is 0 Å². The van der Waals surface area contributed by atoms with E-state index in [1.807, 2.05) is 0 Å². The standard InChI is InChI=1S/C66H120O6/c1-4-7-10-13-16-19-22-25-28-31-33-35-38-41-44-47-50-53-56-59-65(68)71-62-63(61-70-64(67)58-55-52-49-46-43-40-37-30-27-24-21-18-15-12-9-6-3)72-66(69)60-57-54-51-48-45-42-39-36-34-32-29-26-23-20-17-14-11-8-5-2/h16,19,25,28,33,35,41,44,63H,4-15,17-18,20-24,26-27,29-32,34,36-40,42-43,45-62H2,1-3H3/b19-16-,28-25-,35-33-,44-41-/t63-/m1/s1. The van der Waals surface area contributed by atoms with E-state index in [1.54, 1.807) is 0 Å². The minimum Gasteiger partial charge on any atom is -0.462 e. The van der Waals surface area contributed by atoms with Gasteiger partial charge in [0, 0.05) is 19.3 Å². The van der Waals surface area contributed by atoms with Crippen molar-refractivity contribution < 1.29 is 28.6 Å². The minimum atomic E-state index is -0.783. The molecule has 0 aliphatic heterocycles. The van der Waals surface area contributed by atoms with Gasteiger partial charge >= 0.3 is 17.9 Å². The number of rotatable bonds is 58. The average molecular weight is 1010 g/mol. The zero-order chi connectivity index (χ0) is 52.2. The Hall–Kier alpha value is -2.63. The first kappa shape index (κ1) is 69.4. The summed E-state index contributed by atoms with van der Waals surface area (Å²) in [7, 11) is 0. The van der Waals surface area contributed by atoms with Gasteiger partial charge in [-0.1, -0.05) is 301 Å². The van der Waals surface area contributed by atoms with Crippen LogP contribution in [0.2, 0.25) is 0 Å². The summed E-state index contributed by atoms with van der Waals surface area (Å²) in [6, 6.07) is 0. The molecule has 0 fully saturated rings. The number of esters is 3. The van der Waals surface area contributed by atoms with Crippen LogP contribution in [0.25, 0.3) is 0 Å². The molecule has 0 spiro atoms. The molecule has 0 N–H and O–H groups in total. The molecule has 0 radical (unpaired) electrons. The Labute approximate surface area is 448 Å². The summed E-state index contributed by atoms with van der Waals surface area (Å²) in [5.74, 6) is -0.887. The maximum absolute atomic E-state index is 12.9. The van der Waals surface area contributed by atoms with Crippen molar-refractivity contribution in [2.75, 3.05) is 13.2 Å². The lowest BCUT2D eigenvalue weighted by Crippen LogP contribution is -2.30. The fourth-order valence-corrected chi connectivity index (χ4v) is 9.31. The molecular weight excluding hydrogens is 889 g/mol. The highest BCUT2D eigenvalue weighted by Crippen LogP contribution is 2.17. The topological polar surface area (TPSA) is 78.9 Å². The van der Waals surface area contributed by atoms with Gasteiger partial charge in [0.15, 0.2) is 6.10 Å². The second-order valence-electron chi connectivity index (χ2n) is 21.3. The molecule has 0 saturated heterocycles. The number of unbranched alkanes of at least 4 members (excludes halogenated alkanes) is 39. The summed E-state index contributed by atoms with van der Waals surface area (Å²) in [6.45, 7) is 6.64. The van der Waals surface area contributed by atoms with Gasteiger partial charge < -0.3 is 14.2 Å². The number of allylic oxidation sites excluding steroid dienone is 8. The predicted octanol–water partition coefficient (Wildman–Crippen LogP) is 21.4. The molecule has 0 bridgehead atoms. The third-order valence-electron chi connectivity index (χ3n) is 14.1. The number of carbonyl (C=O) groups is 3. The van der Waals surface area contributed by atoms with E-state index >= 15 is 0 Å². The number of hydrogen-bond acceptors (Lipinski definition) is 6. The van der Waals surface area contributed by atoms with Gasteiger partial charge in [-0.25, -0.2) is 0 Å². The van der Waals surface area contributed by atoms with Gasteiger partial charge in [0.05, 0.1) is 0 Å².